The van der Waals surface area contributed by atoms with Gasteiger partial charge in [-0.1, -0.05) is 0 Å². The highest BCUT2D eigenvalue weighted by Gasteiger charge is 2.28. The summed E-state index contributed by atoms with van der Waals surface area (Å²) in [5, 5.41) is 6.55. The minimum absolute atomic E-state index is 0.219. The lowest BCUT2D eigenvalue weighted by Gasteiger charge is -2.22. The number of hydrogen-bond acceptors (Lipinski definition) is 4. The van der Waals surface area contributed by atoms with Gasteiger partial charge in [-0.15, -0.1) is 0 Å². The number of hydrogen-bond donors (Lipinski definition) is 2. The van der Waals surface area contributed by atoms with E-state index in [1.165, 1.54) is 0 Å². The van der Waals surface area contributed by atoms with Crippen molar-refractivity contribution in [1.29, 1.82) is 0 Å². The van der Waals surface area contributed by atoms with Gasteiger partial charge in [0, 0.05) is 31.8 Å². The summed E-state index contributed by atoms with van der Waals surface area (Å²) in [6, 6.07) is 1.14. The lowest BCUT2D eigenvalue weighted by Crippen LogP contribution is -2.40. The molecule has 1 rings (SSSR count). The molecular weight excluding hydrogens is 256 g/mol. The number of ether oxygens (including phenoxy) is 2. The van der Waals surface area contributed by atoms with Crippen LogP contribution >= 0.6 is 0 Å². The van der Waals surface area contributed by atoms with E-state index in [0.29, 0.717) is 12.1 Å². The van der Waals surface area contributed by atoms with Gasteiger partial charge in [0.1, 0.15) is 5.60 Å². The molecule has 0 aromatic heterocycles. The Morgan fingerprint density at radius 2 is 1.95 bits per heavy atom. The summed E-state index contributed by atoms with van der Waals surface area (Å²) in [6.45, 7) is 8.59. The highest BCUT2D eigenvalue weighted by molar-refractivity contribution is 5.68. The molecule has 0 saturated heterocycles. The Hall–Kier alpha value is -0.810. The van der Waals surface area contributed by atoms with Gasteiger partial charge in [0.2, 0.25) is 0 Å². The van der Waals surface area contributed by atoms with E-state index < -0.39 is 5.60 Å². The zero-order chi connectivity index (χ0) is 15.2. The molecule has 2 N–H and O–H groups in total. The van der Waals surface area contributed by atoms with Gasteiger partial charge in [-0.05, 0) is 53.4 Å². The molecule has 0 aromatic rings. The summed E-state index contributed by atoms with van der Waals surface area (Å²) in [4.78, 5) is 11.7. The van der Waals surface area contributed by atoms with Crippen molar-refractivity contribution < 1.29 is 14.3 Å². The topological polar surface area (TPSA) is 59.6 Å². The van der Waals surface area contributed by atoms with E-state index >= 15 is 0 Å². The first-order valence-electron chi connectivity index (χ1n) is 7.54. The van der Waals surface area contributed by atoms with E-state index in [0.717, 1.165) is 32.3 Å². The van der Waals surface area contributed by atoms with Gasteiger partial charge in [0.25, 0.3) is 0 Å². The number of carbonyl (C=O) groups is 1. The van der Waals surface area contributed by atoms with E-state index in [-0.39, 0.29) is 12.1 Å². The first-order valence-corrected chi connectivity index (χ1v) is 7.54. The van der Waals surface area contributed by atoms with Crippen LogP contribution in [0.2, 0.25) is 0 Å². The second-order valence-corrected chi connectivity index (χ2v) is 6.70. The summed E-state index contributed by atoms with van der Waals surface area (Å²) in [5.74, 6) is 0. The molecule has 20 heavy (non-hydrogen) atoms. The summed E-state index contributed by atoms with van der Waals surface area (Å²) in [7, 11) is 1.73. The van der Waals surface area contributed by atoms with Crippen LogP contribution in [0.1, 0.15) is 53.4 Å². The standard InChI is InChI=1S/C15H30N2O3/c1-11(8-9-19-5)16-12-6-7-13(10-12)17-14(18)20-15(2,3)4/h11-13,16H,6-10H2,1-5H3,(H,17,18). The van der Waals surface area contributed by atoms with Crippen molar-refractivity contribution in [3.63, 3.8) is 0 Å². The molecular formula is C15H30N2O3. The average molecular weight is 286 g/mol. The Kier molecular flexibility index (Phi) is 6.76. The summed E-state index contributed by atoms with van der Waals surface area (Å²) in [5.41, 5.74) is -0.436. The number of alkyl carbamates (subject to hydrolysis) is 1. The fourth-order valence-corrected chi connectivity index (χ4v) is 2.52. The van der Waals surface area contributed by atoms with Crippen LogP contribution in [0.25, 0.3) is 0 Å². The maximum Gasteiger partial charge on any atom is 0.407 e. The minimum atomic E-state index is -0.436. The highest BCUT2D eigenvalue weighted by atomic mass is 16.6. The van der Waals surface area contributed by atoms with Crippen LogP contribution in [-0.4, -0.2) is 43.5 Å². The Bertz CT molecular complexity index is 302. The molecule has 5 nitrogen and oxygen atoms in total. The predicted octanol–water partition coefficient (Wildman–Crippen LogP) is 2.45. The van der Waals surface area contributed by atoms with Crippen LogP contribution in [-0.2, 0) is 9.47 Å². The maximum absolute atomic E-state index is 11.7. The fourth-order valence-electron chi connectivity index (χ4n) is 2.52. The normalized spacial score (nSPS) is 24.4. The van der Waals surface area contributed by atoms with Crippen LogP contribution in [0.15, 0.2) is 0 Å². The Balaban J connectivity index is 2.24. The first kappa shape index (κ1) is 17.2. The van der Waals surface area contributed by atoms with Gasteiger partial charge in [-0.3, -0.25) is 0 Å². The zero-order valence-electron chi connectivity index (χ0n) is 13.5. The Morgan fingerprint density at radius 1 is 1.30 bits per heavy atom. The predicted molar refractivity (Wildman–Crippen MR) is 79.9 cm³/mol. The fraction of sp³-hybridized carbons (Fsp3) is 0.933. The summed E-state index contributed by atoms with van der Waals surface area (Å²) >= 11 is 0. The quantitative estimate of drug-likeness (QED) is 0.787. The number of amides is 1. The van der Waals surface area contributed by atoms with Crippen molar-refractivity contribution in [2.45, 2.75) is 77.1 Å². The molecule has 1 saturated carbocycles. The molecule has 0 heterocycles. The van der Waals surface area contributed by atoms with Crippen molar-refractivity contribution in [2.75, 3.05) is 13.7 Å². The molecule has 1 fully saturated rings. The second kappa shape index (κ2) is 7.84. The van der Waals surface area contributed by atoms with Crippen LogP contribution in [0, 0.1) is 0 Å². The molecule has 1 aliphatic carbocycles. The molecule has 1 aliphatic rings. The van der Waals surface area contributed by atoms with E-state index in [1.807, 2.05) is 20.8 Å². The van der Waals surface area contributed by atoms with Crippen LogP contribution in [0.4, 0.5) is 4.79 Å². The molecule has 3 unspecified atom stereocenters. The lowest BCUT2D eigenvalue weighted by molar-refractivity contribution is 0.0505. The van der Waals surface area contributed by atoms with E-state index in [9.17, 15) is 4.79 Å². The number of rotatable bonds is 6. The zero-order valence-corrected chi connectivity index (χ0v) is 13.5. The largest absolute Gasteiger partial charge is 0.444 e. The smallest absolute Gasteiger partial charge is 0.407 e. The monoisotopic (exact) mass is 286 g/mol. The lowest BCUT2D eigenvalue weighted by atomic mass is 10.1. The van der Waals surface area contributed by atoms with Gasteiger partial charge >= 0.3 is 6.09 Å². The summed E-state index contributed by atoms with van der Waals surface area (Å²) in [6.07, 6.45) is 3.77. The molecule has 0 radical (unpaired) electrons. The van der Waals surface area contributed by atoms with Gasteiger partial charge in [-0.25, -0.2) is 4.79 Å². The van der Waals surface area contributed by atoms with Crippen molar-refractivity contribution in [2.24, 2.45) is 0 Å². The average Bonchev–Trinajstić information content (AvgIpc) is 2.71. The van der Waals surface area contributed by atoms with Crippen molar-refractivity contribution >= 4 is 6.09 Å². The summed E-state index contributed by atoms with van der Waals surface area (Å²) < 4.78 is 10.4. The highest BCUT2D eigenvalue weighted by Crippen LogP contribution is 2.20. The minimum Gasteiger partial charge on any atom is -0.444 e. The van der Waals surface area contributed by atoms with E-state index in [2.05, 4.69) is 17.6 Å². The van der Waals surface area contributed by atoms with E-state index in [1.54, 1.807) is 7.11 Å². The molecule has 5 heteroatoms. The van der Waals surface area contributed by atoms with Gasteiger partial charge in [0.05, 0.1) is 0 Å². The van der Waals surface area contributed by atoms with Crippen molar-refractivity contribution in [3.8, 4) is 0 Å². The maximum atomic E-state index is 11.7. The number of methoxy groups -OCH3 is 1. The SMILES string of the molecule is COCCC(C)NC1CCC(NC(=O)OC(C)(C)C)C1. The molecule has 0 spiro atoms. The third-order valence-corrected chi connectivity index (χ3v) is 3.43. The van der Waals surface area contributed by atoms with Crippen LogP contribution in [0.3, 0.4) is 0 Å². The molecule has 0 aromatic carbocycles. The molecule has 118 valence electrons. The van der Waals surface area contributed by atoms with Crippen LogP contribution in [0.5, 0.6) is 0 Å². The molecule has 3 atom stereocenters. The Labute approximate surface area is 122 Å². The van der Waals surface area contributed by atoms with E-state index in [4.69, 9.17) is 9.47 Å². The third kappa shape index (κ3) is 7.10. The number of carbonyl (C=O) groups excluding carboxylic acids is 1. The van der Waals surface area contributed by atoms with Gasteiger partial charge in [0.15, 0.2) is 0 Å². The van der Waals surface area contributed by atoms with Gasteiger partial charge < -0.3 is 20.1 Å². The molecule has 0 bridgehead atoms. The van der Waals surface area contributed by atoms with Crippen molar-refractivity contribution in [1.82, 2.24) is 10.6 Å². The number of nitrogens with one attached hydrogen (secondary N) is 2. The van der Waals surface area contributed by atoms with Crippen LogP contribution < -0.4 is 10.6 Å². The second-order valence-electron chi connectivity index (χ2n) is 6.70. The molecule has 0 aliphatic heterocycles. The Morgan fingerprint density at radius 3 is 2.55 bits per heavy atom. The molecule has 1 amide bonds. The third-order valence-electron chi connectivity index (χ3n) is 3.43. The van der Waals surface area contributed by atoms with Crippen molar-refractivity contribution in [3.05, 3.63) is 0 Å². The van der Waals surface area contributed by atoms with Gasteiger partial charge in [-0.2, -0.15) is 0 Å². The first-order chi connectivity index (χ1) is 9.30.